The molecule has 7 rings (SSSR count). The van der Waals surface area contributed by atoms with Gasteiger partial charge in [0.05, 0.1) is 9.79 Å². The number of phenolic OH excluding ortho intramolecular Hbond substituents is 3. The highest BCUT2D eigenvalue weighted by Gasteiger charge is 2.25. The Hall–Kier alpha value is -6.19. The van der Waals surface area contributed by atoms with Crippen LogP contribution in [0.2, 0.25) is 0 Å². The zero-order valence-corrected chi connectivity index (χ0v) is 34.0. The van der Waals surface area contributed by atoms with Crippen molar-refractivity contribution < 1.29 is 50.8 Å². The average Bonchev–Trinajstić information content (AvgIpc) is 3.19. The second-order valence-corrected chi connectivity index (χ2v) is 17.9. The Bertz CT molecular complexity index is 2690. The Morgan fingerprint density at radius 1 is 0.483 bits per heavy atom. The molecule has 0 heterocycles. The molecule has 12 nitrogen and oxygen atoms in total. The molecule has 0 atom stereocenters. The summed E-state index contributed by atoms with van der Waals surface area (Å²) in [5.41, 5.74) is 10.6. The van der Waals surface area contributed by atoms with E-state index in [-0.39, 0.29) is 82.1 Å². The van der Waals surface area contributed by atoms with E-state index in [0.29, 0.717) is 36.8 Å². The molecule has 1 aliphatic rings. The molecule has 0 aliphatic heterocycles. The summed E-state index contributed by atoms with van der Waals surface area (Å²) in [6.45, 7) is -0.589. The highest BCUT2D eigenvalue weighted by atomic mass is 32.2. The summed E-state index contributed by atoms with van der Waals surface area (Å²) in [6, 6.07) is 30.9. The van der Waals surface area contributed by atoms with Gasteiger partial charge in [0.15, 0.2) is 6.61 Å². The minimum absolute atomic E-state index is 0.0623. The minimum atomic E-state index is -4.82. The van der Waals surface area contributed by atoms with Crippen molar-refractivity contribution in [2.45, 2.75) is 61.2 Å². The first-order valence-corrected chi connectivity index (χ1v) is 22.0. The summed E-state index contributed by atoms with van der Waals surface area (Å²) >= 11 is 0. The fourth-order valence-corrected chi connectivity index (χ4v) is 8.95. The number of carbonyl (C=O) groups is 1. The van der Waals surface area contributed by atoms with Crippen LogP contribution in [-0.2, 0) is 76.4 Å². The molecular formula is C46H43NO11S2. The second kappa shape index (κ2) is 17.2. The van der Waals surface area contributed by atoms with E-state index < -0.39 is 42.5 Å². The van der Waals surface area contributed by atoms with Crippen molar-refractivity contribution in [1.82, 2.24) is 0 Å². The van der Waals surface area contributed by atoms with E-state index in [1.54, 1.807) is 24.3 Å². The average molecular weight is 850 g/mol. The summed E-state index contributed by atoms with van der Waals surface area (Å²) in [4.78, 5) is 11.1. The SMILES string of the molecule is NC(=O)COc1c2cc(CCc3ccccc3)cc1Cc1cc(S(=O)(=O)O)cc(c1O)Cc1cc(CCc3ccccc3)cc(c1O)Cc1cc(S(=O)(=O)O)cc(c1O)C2. The second-order valence-electron chi connectivity index (χ2n) is 15.1. The summed E-state index contributed by atoms with van der Waals surface area (Å²) < 4.78 is 77.7. The van der Waals surface area contributed by atoms with Crippen molar-refractivity contribution in [1.29, 1.82) is 0 Å². The number of aromatic hydroxyl groups is 3. The van der Waals surface area contributed by atoms with Gasteiger partial charge in [-0.25, -0.2) is 0 Å². The van der Waals surface area contributed by atoms with Crippen LogP contribution in [0.3, 0.4) is 0 Å². The van der Waals surface area contributed by atoms with Crippen LogP contribution in [0.4, 0.5) is 0 Å². The summed E-state index contributed by atoms with van der Waals surface area (Å²) in [6.07, 6.45) is 1.35. The third kappa shape index (κ3) is 9.80. The number of aryl methyl sites for hydroxylation is 4. The van der Waals surface area contributed by atoms with Crippen LogP contribution in [0, 0.1) is 0 Å². The molecule has 7 N–H and O–H groups in total. The van der Waals surface area contributed by atoms with E-state index in [0.717, 1.165) is 46.5 Å². The first-order valence-electron chi connectivity index (χ1n) is 19.1. The number of fused-ring (bicyclic) bond motifs is 8. The van der Waals surface area contributed by atoms with Gasteiger partial charge in [0.2, 0.25) is 0 Å². The fourth-order valence-electron chi connectivity index (χ4n) is 7.79. The van der Waals surface area contributed by atoms with Gasteiger partial charge in [0.25, 0.3) is 26.1 Å². The molecule has 6 aromatic rings. The third-order valence-corrected chi connectivity index (χ3v) is 12.3. The highest BCUT2D eigenvalue weighted by molar-refractivity contribution is 7.86. The zero-order chi connectivity index (χ0) is 42.8. The van der Waals surface area contributed by atoms with Crippen molar-refractivity contribution in [3.63, 3.8) is 0 Å². The predicted molar refractivity (Wildman–Crippen MR) is 224 cm³/mol. The molecular weight excluding hydrogens is 807 g/mol. The lowest BCUT2D eigenvalue weighted by Gasteiger charge is -2.21. The van der Waals surface area contributed by atoms with Crippen molar-refractivity contribution in [3.05, 3.63) is 176 Å². The van der Waals surface area contributed by atoms with E-state index in [2.05, 4.69) is 0 Å². The number of nitrogens with two attached hydrogens (primary N) is 1. The fraction of sp³-hybridized carbons (Fsp3) is 0.196. The van der Waals surface area contributed by atoms with Crippen LogP contribution in [0.25, 0.3) is 0 Å². The summed E-state index contributed by atoms with van der Waals surface area (Å²) in [5.74, 6) is -1.57. The Morgan fingerprint density at radius 3 is 1.12 bits per heavy atom. The Balaban J connectivity index is 1.48. The number of ether oxygens (including phenoxy) is 1. The normalized spacial score (nSPS) is 12.8. The number of amides is 1. The lowest BCUT2D eigenvalue weighted by molar-refractivity contribution is -0.119. The number of rotatable bonds is 11. The number of hydrogen-bond acceptors (Lipinski definition) is 9. The van der Waals surface area contributed by atoms with Crippen LogP contribution in [-0.4, -0.2) is 53.8 Å². The summed E-state index contributed by atoms with van der Waals surface area (Å²) in [5, 5.41) is 35.7. The maximum Gasteiger partial charge on any atom is 0.294 e. The van der Waals surface area contributed by atoms with Gasteiger partial charge in [-0.05, 0) is 94.5 Å². The van der Waals surface area contributed by atoms with Gasteiger partial charge in [0.1, 0.15) is 23.0 Å². The number of hydrogen-bond donors (Lipinski definition) is 6. The lowest BCUT2D eigenvalue weighted by atomic mass is 9.88. The molecule has 0 unspecified atom stereocenters. The molecule has 0 radical (unpaired) electrons. The van der Waals surface area contributed by atoms with E-state index in [4.69, 9.17) is 10.5 Å². The van der Waals surface area contributed by atoms with Gasteiger partial charge in [-0.3, -0.25) is 13.9 Å². The molecule has 0 aromatic heterocycles. The van der Waals surface area contributed by atoms with Crippen molar-refractivity contribution in [3.8, 4) is 23.0 Å². The Labute approximate surface area is 348 Å². The number of benzene rings is 6. The Kier molecular flexibility index (Phi) is 12.0. The quantitative estimate of drug-likeness (QED) is 0.0781. The number of primary amides is 1. The first-order chi connectivity index (χ1) is 28.5. The van der Waals surface area contributed by atoms with E-state index in [9.17, 15) is 46.1 Å². The highest BCUT2D eigenvalue weighted by Crippen LogP contribution is 2.40. The monoisotopic (exact) mass is 849 g/mol. The minimum Gasteiger partial charge on any atom is -0.507 e. The molecule has 310 valence electrons. The van der Waals surface area contributed by atoms with Crippen LogP contribution < -0.4 is 10.5 Å². The number of phenols is 3. The largest absolute Gasteiger partial charge is 0.507 e. The van der Waals surface area contributed by atoms with Crippen molar-refractivity contribution in [2.24, 2.45) is 5.73 Å². The molecule has 14 heteroatoms. The van der Waals surface area contributed by atoms with Gasteiger partial charge >= 0.3 is 0 Å². The molecule has 60 heavy (non-hydrogen) atoms. The van der Waals surface area contributed by atoms with Gasteiger partial charge < -0.3 is 25.8 Å². The molecule has 0 saturated carbocycles. The standard InChI is InChI=1S/C46H43NO11S2/c47-42(48)27-58-46-38-17-31(14-12-29-9-5-2-6-10-29)18-39(46)22-37-26-41(60(55,56)57)24-35(45(37)51)20-33-16-30(13-11-28-7-3-1-4-8-28)15-32(43(33)49)19-34-23-40(59(52,53)54)25-36(21-38)44(34)50/h1-10,15-18,23-26,49-51H,11-14,19-22,27H2,(H2,47,48)(H,52,53,54)(H,55,56,57). The Morgan fingerprint density at radius 2 is 0.783 bits per heavy atom. The maximum atomic E-state index is 12.7. The molecule has 0 spiro atoms. The van der Waals surface area contributed by atoms with Gasteiger partial charge in [-0.2, -0.15) is 16.8 Å². The zero-order valence-electron chi connectivity index (χ0n) is 32.3. The predicted octanol–water partition coefficient (Wildman–Crippen LogP) is 6.41. The molecule has 0 saturated heterocycles. The molecule has 1 aliphatic carbocycles. The number of carbonyl (C=O) groups excluding carboxylic acids is 1. The molecule has 1 amide bonds. The van der Waals surface area contributed by atoms with Crippen LogP contribution in [0.1, 0.15) is 66.8 Å². The van der Waals surface area contributed by atoms with Gasteiger partial charge in [0, 0.05) is 47.9 Å². The third-order valence-electron chi connectivity index (χ3n) is 10.7. The molecule has 6 aromatic carbocycles. The van der Waals surface area contributed by atoms with Crippen LogP contribution >= 0.6 is 0 Å². The topological polar surface area (TPSA) is 222 Å². The molecule has 8 bridgehead atoms. The van der Waals surface area contributed by atoms with E-state index in [1.807, 2.05) is 60.7 Å². The first kappa shape index (κ1) is 42.0. The maximum absolute atomic E-state index is 12.7. The van der Waals surface area contributed by atoms with Crippen LogP contribution in [0.15, 0.2) is 119 Å². The van der Waals surface area contributed by atoms with Gasteiger partial charge in [-0.1, -0.05) is 84.9 Å². The van der Waals surface area contributed by atoms with Crippen LogP contribution in [0.5, 0.6) is 23.0 Å². The van der Waals surface area contributed by atoms with Gasteiger partial charge in [-0.15, -0.1) is 0 Å². The van der Waals surface area contributed by atoms with E-state index in [1.165, 1.54) is 0 Å². The summed E-state index contributed by atoms with van der Waals surface area (Å²) in [7, 11) is -9.65. The van der Waals surface area contributed by atoms with Crippen molar-refractivity contribution in [2.75, 3.05) is 6.61 Å². The van der Waals surface area contributed by atoms with E-state index >= 15 is 0 Å². The smallest absolute Gasteiger partial charge is 0.294 e. The van der Waals surface area contributed by atoms with Crippen molar-refractivity contribution >= 4 is 26.1 Å². The lowest BCUT2D eigenvalue weighted by Crippen LogP contribution is -2.21. The molecule has 0 fully saturated rings.